The molecule has 2 aromatic heterocycles. The van der Waals surface area contributed by atoms with Gasteiger partial charge in [0.2, 0.25) is 0 Å². The molecule has 2 heterocycles. The first-order chi connectivity index (χ1) is 27.8. The van der Waals surface area contributed by atoms with Gasteiger partial charge in [-0.2, -0.15) is 0 Å². The van der Waals surface area contributed by atoms with Crippen molar-refractivity contribution in [2.45, 2.75) is 6.18 Å². The van der Waals surface area contributed by atoms with Gasteiger partial charge in [0.15, 0.2) is 0 Å². The van der Waals surface area contributed by atoms with Crippen LogP contribution in [0.1, 0.15) is 5.56 Å². The summed E-state index contributed by atoms with van der Waals surface area (Å²) in [5, 5.41) is 0. The molecular formula is C49H31F3N4Pt-2. The molecule has 0 aliphatic heterocycles. The number of aromatic nitrogens is 3. The number of benzene rings is 7. The van der Waals surface area contributed by atoms with Crippen LogP contribution in [0.15, 0.2) is 188 Å². The van der Waals surface area contributed by atoms with Crippen molar-refractivity contribution < 1.29 is 32.5 Å². The third-order valence-electron chi connectivity index (χ3n) is 9.79. The normalized spacial score (nSPS) is 11.5. The number of pyridine rings is 1. The van der Waals surface area contributed by atoms with Crippen LogP contribution < -0.4 is 4.90 Å². The van der Waals surface area contributed by atoms with E-state index in [-0.39, 0.29) is 0 Å². The molecular weight excluding hydrogens is 897 g/mol. The topological polar surface area (TPSA) is 26.0 Å². The SMILES string of the molecule is FC(F)(F)c1ccc(-n2[c](=[Pt])n(-c3[c-]c(N(c4[c-]c(-c5ccccn5)ccc4)c4c(-c5ccccc5)cccc4-c4ccccc4)ccc3)c3ccccc32)cc1. The van der Waals surface area contributed by atoms with Crippen LogP contribution in [0.2, 0.25) is 0 Å². The van der Waals surface area contributed by atoms with Crippen molar-refractivity contribution in [2.24, 2.45) is 0 Å². The Balaban J connectivity index is 1.29. The van der Waals surface area contributed by atoms with Crippen LogP contribution in [0, 0.1) is 15.9 Å². The Hall–Kier alpha value is -6.56. The van der Waals surface area contributed by atoms with Crippen molar-refractivity contribution >= 4 is 28.1 Å². The van der Waals surface area contributed by atoms with E-state index < -0.39 is 11.7 Å². The summed E-state index contributed by atoms with van der Waals surface area (Å²) >= 11 is 2.25. The van der Waals surface area contributed by atoms with Crippen molar-refractivity contribution in [1.29, 1.82) is 0 Å². The minimum atomic E-state index is -4.43. The molecule has 0 saturated heterocycles. The summed E-state index contributed by atoms with van der Waals surface area (Å²) in [4.78, 5) is 6.85. The van der Waals surface area contributed by atoms with Gasteiger partial charge in [0.1, 0.15) is 0 Å². The summed E-state index contributed by atoms with van der Waals surface area (Å²) in [5.41, 5.74) is 10.7. The van der Waals surface area contributed by atoms with E-state index in [1.807, 2.05) is 114 Å². The van der Waals surface area contributed by atoms with Gasteiger partial charge in [0, 0.05) is 0 Å². The molecule has 0 aliphatic carbocycles. The summed E-state index contributed by atoms with van der Waals surface area (Å²) in [6.45, 7) is 0. The number of fused-ring (bicyclic) bond motifs is 1. The number of halogens is 3. The van der Waals surface area contributed by atoms with E-state index in [0.29, 0.717) is 5.69 Å². The van der Waals surface area contributed by atoms with Crippen LogP contribution in [0.3, 0.4) is 0 Å². The van der Waals surface area contributed by atoms with Crippen molar-refractivity contribution in [3.8, 4) is 44.9 Å². The minimum absolute atomic E-state index is 0.617. The number of imidazole rings is 1. The number of anilines is 3. The molecule has 0 spiro atoms. The molecule has 0 N–H and O–H groups in total. The zero-order valence-corrected chi connectivity index (χ0v) is 32.4. The Morgan fingerprint density at radius 2 is 1.09 bits per heavy atom. The second-order valence-corrected chi connectivity index (χ2v) is 14.3. The van der Waals surface area contributed by atoms with Crippen LogP contribution in [0.4, 0.5) is 30.2 Å². The van der Waals surface area contributed by atoms with Crippen molar-refractivity contribution in [3.63, 3.8) is 0 Å². The molecule has 0 atom stereocenters. The Kier molecular flexibility index (Phi) is 9.61. The van der Waals surface area contributed by atoms with E-state index in [4.69, 9.17) is 0 Å². The summed E-state index contributed by atoms with van der Waals surface area (Å²) < 4.78 is 45.5. The summed E-state index contributed by atoms with van der Waals surface area (Å²) in [7, 11) is 0. The Morgan fingerprint density at radius 3 is 1.70 bits per heavy atom. The molecule has 57 heavy (non-hydrogen) atoms. The van der Waals surface area contributed by atoms with Crippen LogP contribution in [0.25, 0.3) is 55.9 Å². The van der Waals surface area contributed by atoms with Gasteiger partial charge in [-0.25, -0.2) is 0 Å². The van der Waals surface area contributed by atoms with Gasteiger partial charge in [0.05, 0.1) is 0 Å². The summed E-state index contributed by atoms with van der Waals surface area (Å²) in [5.74, 6) is 0. The van der Waals surface area contributed by atoms with Gasteiger partial charge in [-0.3, -0.25) is 0 Å². The van der Waals surface area contributed by atoms with Crippen LogP contribution in [0.5, 0.6) is 0 Å². The number of nitrogens with zero attached hydrogens (tertiary/aromatic N) is 4. The van der Waals surface area contributed by atoms with Gasteiger partial charge in [0.25, 0.3) is 0 Å². The molecule has 0 unspecified atom stereocenters. The summed E-state index contributed by atoms with van der Waals surface area (Å²) in [6, 6.07) is 65.7. The Morgan fingerprint density at radius 1 is 0.526 bits per heavy atom. The van der Waals surface area contributed by atoms with E-state index in [2.05, 4.69) is 94.5 Å². The first kappa shape index (κ1) is 36.1. The fraction of sp³-hybridized carbons (Fsp3) is 0.0204. The summed E-state index contributed by atoms with van der Waals surface area (Å²) in [6.07, 6.45) is -2.65. The molecule has 0 aliphatic rings. The van der Waals surface area contributed by atoms with Gasteiger partial charge in [-0.05, 0) is 6.07 Å². The average molecular weight is 928 g/mol. The van der Waals surface area contributed by atoms with Gasteiger partial charge >= 0.3 is 334 Å². The molecule has 0 bridgehead atoms. The second kappa shape index (κ2) is 15.2. The number of rotatable bonds is 8. The zero-order valence-electron chi connectivity index (χ0n) is 30.1. The Bertz CT molecular complexity index is 2850. The van der Waals surface area contributed by atoms with E-state index in [0.717, 1.165) is 83.2 Å². The zero-order chi connectivity index (χ0) is 38.9. The van der Waals surface area contributed by atoms with Gasteiger partial charge in [-0.1, -0.05) is 0 Å². The van der Waals surface area contributed by atoms with Crippen LogP contribution in [-0.2, 0) is 25.5 Å². The van der Waals surface area contributed by atoms with Gasteiger partial charge in [-0.15, -0.1) is 0 Å². The van der Waals surface area contributed by atoms with E-state index in [1.54, 1.807) is 6.20 Å². The van der Waals surface area contributed by atoms with Gasteiger partial charge < -0.3 is 0 Å². The molecule has 8 heteroatoms. The fourth-order valence-corrected chi connectivity index (χ4v) is 8.32. The van der Waals surface area contributed by atoms with Crippen molar-refractivity contribution in [3.05, 3.63) is 210 Å². The fourth-order valence-electron chi connectivity index (χ4n) is 7.21. The molecule has 9 aromatic rings. The maximum atomic E-state index is 13.6. The first-order valence-electron chi connectivity index (χ1n) is 18.2. The third kappa shape index (κ3) is 6.96. The predicted octanol–water partition coefficient (Wildman–Crippen LogP) is 13.0. The van der Waals surface area contributed by atoms with Crippen molar-refractivity contribution in [2.75, 3.05) is 4.90 Å². The molecule has 0 fully saturated rings. The first-order valence-corrected chi connectivity index (χ1v) is 19.3. The standard InChI is InChI=1S/C49H31F3N4.Pt/c50-49(51,52)38-27-29-39(30-28-38)54-34-55(47-26-8-7-25-46(47)54)40-19-12-21-42(33-40)56(41-20-11-18-37(32-41)45-24-9-10-31-53-45)48-43(35-14-3-1-4-15-35)22-13-23-44(48)36-16-5-2-6-17-36;/h1-31H;/q-2;. The third-order valence-corrected chi connectivity index (χ3v) is 10.8. The molecule has 9 rings (SSSR count). The van der Waals surface area contributed by atoms with E-state index in [1.165, 1.54) is 12.1 Å². The molecule has 280 valence electrons. The molecule has 0 amide bonds. The number of alkyl halides is 3. The Labute approximate surface area is 338 Å². The predicted molar refractivity (Wildman–Crippen MR) is 217 cm³/mol. The average Bonchev–Trinajstić information content (AvgIpc) is 3.56. The maximum absolute atomic E-state index is 13.6. The quantitative estimate of drug-likeness (QED) is 0.142. The molecule has 0 radical (unpaired) electrons. The van der Waals surface area contributed by atoms with Crippen LogP contribution in [-0.4, -0.2) is 14.1 Å². The molecule has 4 nitrogen and oxygen atoms in total. The number of para-hydroxylation sites is 3. The molecule has 0 saturated carbocycles. The monoisotopic (exact) mass is 927 g/mol. The molecule has 7 aromatic carbocycles. The number of hydrogen-bond donors (Lipinski definition) is 0. The second-order valence-electron chi connectivity index (χ2n) is 13.3. The van der Waals surface area contributed by atoms with E-state index >= 15 is 0 Å². The van der Waals surface area contributed by atoms with E-state index in [9.17, 15) is 13.2 Å². The van der Waals surface area contributed by atoms with Crippen molar-refractivity contribution in [1.82, 2.24) is 14.1 Å². The van der Waals surface area contributed by atoms with Crippen LogP contribution >= 0.6 is 0 Å². The number of hydrogen-bond acceptors (Lipinski definition) is 2.